The molecule has 3 N–H and O–H groups in total. The van der Waals surface area contributed by atoms with Crippen LogP contribution >= 0.6 is 0 Å². The average Bonchev–Trinajstić information content (AvgIpc) is 2.62. The van der Waals surface area contributed by atoms with Gasteiger partial charge in [-0.15, -0.1) is 0 Å². The van der Waals surface area contributed by atoms with Gasteiger partial charge < -0.3 is 16.0 Å². The number of hydrogen-bond acceptors (Lipinski definition) is 6. The highest BCUT2D eigenvalue weighted by Crippen LogP contribution is 2.18. The summed E-state index contributed by atoms with van der Waals surface area (Å²) in [6.45, 7) is 4.87. The Morgan fingerprint density at radius 1 is 1.39 bits per heavy atom. The Bertz CT molecular complexity index is 703. The van der Waals surface area contributed by atoms with E-state index in [1.54, 1.807) is 24.4 Å². The molecule has 1 saturated heterocycles. The summed E-state index contributed by atoms with van der Waals surface area (Å²) in [5.41, 5.74) is 6.59. The van der Waals surface area contributed by atoms with E-state index >= 15 is 0 Å². The minimum Gasteiger partial charge on any atom is -0.383 e. The number of nitrogens with one attached hydrogen (secondary N) is 1. The van der Waals surface area contributed by atoms with E-state index < -0.39 is 0 Å². The summed E-state index contributed by atoms with van der Waals surface area (Å²) in [6.07, 6.45) is 2.64. The Balaban J connectivity index is 1.85. The quantitative estimate of drug-likeness (QED) is 0.832. The lowest BCUT2D eigenvalue weighted by Gasteiger charge is -2.34. The van der Waals surface area contributed by atoms with Crippen molar-refractivity contribution in [1.29, 1.82) is 0 Å². The van der Waals surface area contributed by atoms with Gasteiger partial charge >= 0.3 is 0 Å². The molecule has 1 fully saturated rings. The number of rotatable bonds is 4. The molecular weight excluding hydrogens is 290 g/mol. The van der Waals surface area contributed by atoms with E-state index in [0.29, 0.717) is 17.3 Å². The Labute approximate surface area is 135 Å². The Morgan fingerprint density at radius 2 is 2.26 bits per heavy atom. The highest BCUT2D eigenvalue weighted by Gasteiger charge is 2.20. The molecular formula is C17H21N5O. The molecule has 0 saturated carbocycles. The number of nitrogens with zero attached hydrogens (tertiary/aromatic N) is 3. The van der Waals surface area contributed by atoms with Crippen LogP contribution in [0.2, 0.25) is 0 Å². The van der Waals surface area contributed by atoms with Crippen LogP contribution in [0.15, 0.2) is 36.5 Å². The summed E-state index contributed by atoms with van der Waals surface area (Å²) in [5, 5.41) is 3.48. The largest absolute Gasteiger partial charge is 0.383 e. The summed E-state index contributed by atoms with van der Waals surface area (Å²) < 4.78 is 0. The molecule has 23 heavy (non-hydrogen) atoms. The fourth-order valence-corrected chi connectivity index (χ4v) is 2.78. The molecule has 1 aliphatic heterocycles. The van der Waals surface area contributed by atoms with Crippen molar-refractivity contribution in [1.82, 2.24) is 15.3 Å². The summed E-state index contributed by atoms with van der Waals surface area (Å²) in [7, 11) is 0. The van der Waals surface area contributed by atoms with Gasteiger partial charge in [-0.25, -0.2) is 9.97 Å². The lowest BCUT2D eigenvalue weighted by molar-refractivity contribution is 0.103. The van der Waals surface area contributed by atoms with E-state index in [0.717, 1.165) is 31.9 Å². The van der Waals surface area contributed by atoms with E-state index in [9.17, 15) is 4.79 Å². The zero-order chi connectivity index (χ0) is 16.2. The SMILES string of the molecule is CCC1CN(c2cccc(C(=O)c3cccnc3N)n2)CCN1. The minimum absolute atomic E-state index is 0.195. The first-order valence-electron chi connectivity index (χ1n) is 7.89. The summed E-state index contributed by atoms with van der Waals surface area (Å²) in [6, 6.07) is 9.37. The first-order chi connectivity index (χ1) is 11.2. The Morgan fingerprint density at radius 3 is 3.04 bits per heavy atom. The number of nitrogens with two attached hydrogens (primary N) is 1. The van der Waals surface area contributed by atoms with Crippen LogP contribution in [0.4, 0.5) is 11.6 Å². The molecule has 0 bridgehead atoms. The van der Waals surface area contributed by atoms with Gasteiger partial charge in [0.2, 0.25) is 5.78 Å². The third kappa shape index (κ3) is 3.32. The van der Waals surface area contributed by atoms with Gasteiger partial charge in [0.1, 0.15) is 17.3 Å². The molecule has 3 rings (SSSR count). The van der Waals surface area contributed by atoms with Crippen LogP contribution in [0.25, 0.3) is 0 Å². The van der Waals surface area contributed by atoms with Crippen molar-refractivity contribution in [3.05, 3.63) is 47.8 Å². The molecule has 2 aromatic heterocycles. The first kappa shape index (κ1) is 15.4. The number of piperazine rings is 1. The second kappa shape index (κ2) is 6.75. The molecule has 1 unspecified atom stereocenters. The number of nitrogen functional groups attached to an aromatic ring is 1. The molecule has 0 radical (unpaired) electrons. The fraction of sp³-hybridized carbons (Fsp3) is 0.353. The molecule has 2 aromatic rings. The van der Waals surface area contributed by atoms with E-state index in [1.807, 2.05) is 12.1 Å². The second-order valence-corrected chi connectivity index (χ2v) is 5.65. The predicted octanol–water partition coefficient (Wildman–Crippen LogP) is 1.48. The van der Waals surface area contributed by atoms with Gasteiger partial charge in [0.25, 0.3) is 0 Å². The molecule has 6 nitrogen and oxygen atoms in total. The predicted molar refractivity (Wildman–Crippen MR) is 90.6 cm³/mol. The van der Waals surface area contributed by atoms with Gasteiger partial charge in [-0.05, 0) is 30.7 Å². The standard InChI is InChI=1S/C17H21N5O/c1-2-12-11-22(10-9-19-12)15-7-3-6-14(21-15)16(23)13-5-4-8-20-17(13)18/h3-8,12,19H,2,9-11H2,1H3,(H2,18,20). The second-order valence-electron chi connectivity index (χ2n) is 5.65. The van der Waals surface area contributed by atoms with Crippen molar-refractivity contribution < 1.29 is 4.79 Å². The van der Waals surface area contributed by atoms with Crippen molar-refractivity contribution >= 4 is 17.4 Å². The maximum Gasteiger partial charge on any atom is 0.215 e. The number of carbonyl (C=O) groups is 1. The molecule has 0 aliphatic carbocycles. The maximum atomic E-state index is 12.6. The maximum absolute atomic E-state index is 12.6. The number of ketones is 1. The highest BCUT2D eigenvalue weighted by atomic mass is 16.1. The van der Waals surface area contributed by atoms with Gasteiger partial charge in [0, 0.05) is 31.9 Å². The zero-order valence-corrected chi connectivity index (χ0v) is 13.2. The van der Waals surface area contributed by atoms with Gasteiger partial charge in [0.05, 0.1) is 5.56 Å². The number of aromatic nitrogens is 2. The third-order valence-corrected chi connectivity index (χ3v) is 4.12. The Hall–Kier alpha value is -2.47. The fourth-order valence-electron chi connectivity index (χ4n) is 2.78. The van der Waals surface area contributed by atoms with E-state index in [4.69, 9.17) is 5.73 Å². The average molecular weight is 311 g/mol. The first-order valence-corrected chi connectivity index (χ1v) is 7.89. The number of anilines is 2. The monoisotopic (exact) mass is 311 g/mol. The van der Waals surface area contributed by atoms with Crippen LogP contribution in [-0.2, 0) is 0 Å². The van der Waals surface area contributed by atoms with Crippen LogP contribution in [-0.4, -0.2) is 41.4 Å². The van der Waals surface area contributed by atoms with E-state index in [-0.39, 0.29) is 11.6 Å². The van der Waals surface area contributed by atoms with Crippen LogP contribution in [0, 0.1) is 0 Å². The normalized spacial score (nSPS) is 18.0. The van der Waals surface area contributed by atoms with Crippen molar-refractivity contribution in [2.75, 3.05) is 30.3 Å². The topological polar surface area (TPSA) is 84.1 Å². The molecule has 1 aliphatic rings. The number of hydrogen-bond donors (Lipinski definition) is 2. The van der Waals surface area contributed by atoms with Gasteiger partial charge in [-0.2, -0.15) is 0 Å². The van der Waals surface area contributed by atoms with E-state index in [2.05, 4.69) is 27.1 Å². The summed E-state index contributed by atoms with van der Waals surface area (Å²) in [4.78, 5) is 23.3. The van der Waals surface area contributed by atoms with Gasteiger partial charge in [-0.1, -0.05) is 13.0 Å². The van der Waals surface area contributed by atoms with Crippen molar-refractivity contribution in [2.45, 2.75) is 19.4 Å². The molecule has 0 amide bonds. The van der Waals surface area contributed by atoms with Crippen LogP contribution in [0.5, 0.6) is 0 Å². The van der Waals surface area contributed by atoms with Crippen LogP contribution in [0.3, 0.4) is 0 Å². The molecule has 6 heteroatoms. The Kier molecular flexibility index (Phi) is 4.52. The molecule has 0 spiro atoms. The summed E-state index contributed by atoms with van der Waals surface area (Å²) in [5.74, 6) is 0.871. The number of pyridine rings is 2. The molecule has 0 aromatic carbocycles. The molecule has 120 valence electrons. The lowest BCUT2D eigenvalue weighted by Crippen LogP contribution is -2.50. The highest BCUT2D eigenvalue weighted by molar-refractivity contribution is 6.10. The van der Waals surface area contributed by atoms with Crippen LogP contribution in [0.1, 0.15) is 29.4 Å². The summed E-state index contributed by atoms with van der Waals surface area (Å²) >= 11 is 0. The third-order valence-electron chi connectivity index (χ3n) is 4.12. The smallest absolute Gasteiger partial charge is 0.215 e. The van der Waals surface area contributed by atoms with Crippen LogP contribution < -0.4 is 16.0 Å². The van der Waals surface area contributed by atoms with Crippen molar-refractivity contribution in [3.8, 4) is 0 Å². The van der Waals surface area contributed by atoms with Gasteiger partial charge in [0.15, 0.2) is 0 Å². The zero-order valence-electron chi connectivity index (χ0n) is 13.2. The van der Waals surface area contributed by atoms with Crippen molar-refractivity contribution in [3.63, 3.8) is 0 Å². The van der Waals surface area contributed by atoms with E-state index in [1.165, 1.54) is 0 Å². The van der Waals surface area contributed by atoms with Gasteiger partial charge in [-0.3, -0.25) is 4.79 Å². The minimum atomic E-state index is -0.195. The molecule has 1 atom stereocenters. The lowest BCUT2D eigenvalue weighted by atomic mass is 10.1. The molecule has 3 heterocycles. The van der Waals surface area contributed by atoms with Crippen molar-refractivity contribution in [2.24, 2.45) is 0 Å². The number of carbonyl (C=O) groups excluding carboxylic acids is 1.